The van der Waals surface area contributed by atoms with Gasteiger partial charge in [0.25, 0.3) is 0 Å². The molecule has 0 bridgehead atoms. The lowest BCUT2D eigenvalue weighted by Crippen LogP contribution is -2.39. The Morgan fingerprint density at radius 1 is 0.812 bits per heavy atom. The first-order valence-electron chi connectivity index (χ1n) is 11.8. The Kier molecular flexibility index (Phi) is 12.9. The van der Waals surface area contributed by atoms with Crippen molar-refractivity contribution in [2.24, 2.45) is 0 Å². The highest BCUT2D eigenvalue weighted by atomic mass is 31.2. The molecule has 0 saturated heterocycles. The fraction of sp³-hybridized carbons (Fsp3) is 0.783. The monoisotopic (exact) mass is 520 g/mol. The van der Waals surface area contributed by atoms with E-state index >= 15 is 0 Å². The Hall–Kier alpha value is -0.249. The second kappa shape index (κ2) is 13.0. The molecule has 0 aromatic carbocycles. The zero-order valence-corrected chi connectivity index (χ0v) is 26.7. The SMILES string of the molecule is CC(C)=CCC/C(C)=C/CCCC(C(=O)O[Si](C)(C)C)P(=O)(O[Si](C)(C)C)O[Si](C)(C)C. The molecule has 5 nitrogen and oxygen atoms in total. The minimum Gasteiger partial charge on any atom is -0.519 e. The minimum absolute atomic E-state index is 0.423. The molecule has 0 fully saturated rings. The molecule has 0 amide bonds. The van der Waals surface area contributed by atoms with Gasteiger partial charge in [0.15, 0.2) is 22.3 Å². The molecule has 0 aliphatic rings. The Morgan fingerprint density at radius 3 is 1.72 bits per heavy atom. The fourth-order valence-corrected chi connectivity index (χ4v) is 12.3. The maximum Gasteiger partial charge on any atom is 0.325 e. The van der Waals surface area contributed by atoms with Crippen molar-refractivity contribution in [2.45, 2.75) is 117 Å². The quantitative estimate of drug-likeness (QED) is 0.0994. The van der Waals surface area contributed by atoms with Crippen molar-refractivity contribution < 1.29 is 22.2 Å². The molecular formula is C23H49O5PSi3. The van der Waals surface area contributed by atoms with Crippen LogP contribution in [0.5, 0.6) is 0 Å². The van der Waals surface area contributed by atoms with Crippen LogP contribution in [0.1, 0.15) is 52.9 Å². The molecule has 0 aliphatic carbocycles. The Labute approximate surface area is 201 Å². The smallest absolute Gasteiger partial charge is 0.325 e. The fourth-order valence-electron chi connectivity index (χ4n) is 3.03. The van der Waals surface area contributed by atoms with E-state index in [1.807, 2.05) is 58.9 Å². The summed E-state index contributed by atoms with van der Waals surface area (Å²) in [6, 6.07) is 0. The molecule has 0 radical (unpaired) electrons. The van der Waals surface area contributed by atoms with Gasteiger partial charge in [0.2, 0.25) is 8.32 Å². The van der Waals surface area contributed by atoms with Gasteiger partial charge < -0.3 is 12.9 Å². The van der Waals surface area contributed by atoms with E-state index in [2.05, 4.69) is 32.9 Å². The van der Waals surface area contributed by atoms with Crippen molar-refractivity contribution in [3.8, 4) is 0 Å². The molecule has 1 unspecified atom stereocenters. The number of hydrogen-bond acceptors (Lipinski definition) is 5. The normalized spacial score (nSPS) is 14.8. The molecule has 1 atom stereocenters. The topological polar surface area (TPSA) is 61.8 Å². The van der Waals surface area contributed by atoms with E-state index in [-0.39, 0.29) is 0 Å². The van der Waals surface area contributed by atoms with Crippen molar-refractivity contribution in [1.29, 1.82) is 0 Å². The largest absolute Gasteiger partial charge is 0.519 e. The van der Waals surface area contributed by atoms with Crippen LogP contribution < -0.4 is 0 Å². The van der Waals surface area contributed by atoms with Gasteiger partial charge in [-0.05, 0) is 112 Å². The van der Waals surface area contributed by atoms with E-state index in [0.717, 1.165) is 25.7 Å². The number of hydrogen-bond donors (Lipinski definition) is 0. The number of rotatable bonds is 14. The predicted octanol–water partition coefficient (Wildman–Crippen LogP) is 8.49. The van der Waals surface area contributed by atoms with Crippen LogP contribution in [0, 0.1) is 0 Å². The molecule has 0 saturated carbocycles. The van der Waals surface area contributed by atoms with Crippen molar-refractivity contribution in [3.05, 3.63) is 23.3 Å². The molecule has 0 N–H and O–H groups in total. The van der Waals surface area contributed by atoms with Gasteiger partial charge >= 0.3 is 13.6 Å². The number of carbonyl (C=O) groups excluding carboxylic acids is 1. The van der Waals surface area contributed by atoms with Gasteiger partial charge in [0, 0.05) is 0 Å². The summed E-state index contributed by atoms with van der Waals surface area (Å²) in [4.78, 5) is 13.2. The molecular weight excluding hydrogens is 471 g/mol. The molecule has 188 valence electrons. The van der Waals surface area contributed by atoms with Crippen LogP contribution in [0.4, 0.5) is 0 Å². The molecule has 0 spiro atoms. The summed E-state index contributed by atoms with van der Waals surface area (Å²) >= 11 is 0. The van der Waals surface area contributed by atoms with Crippen LogP contribution in [-0.2, 0) is 22.2 Å². The van der Waals surface area contributed by atoms with Gasteiger partial charge in [-0.3, -0.25) is 9.36 Å². The second-order valence-electron chi connectivity index (χ2n) is 11.8. The summed E-state index contributed by atoms with van der Waals surface area (Å²) in [5.74, 6) is -0.423. The third kappa shape index (κ3) is 15.6. The minimum atomic E-state index is -3.66. The first-order valence-corrected chi connectivity index (χ1v) is 23.6. The first-order chi connectivity index (χ1) is 14.2. The van der Waals surface area contributed by atoms with Crippen molar-refractivity contribution in [3.63, 3.8) is 0 Å². The Morgan fingerprint density at radius 2 is 1.31 bits per heavy atom. The van der Waals surface area contributed by atoms with Gasteiger partial charge in [-0.1, -0.05) is 23.3 Å². The summed E-state index contributed by atoms with van der Waals surface area (Å²) in [6.45, 7) is 24.1. The lowest BCUT2D eigenvalue weighted by Gasteiger charge is -2.35. The summed E-state index contributed by atoms with van der Waals surface area (Å²) in [5, 5.41) is 0. The third-order valence-electron chi connectivity index (χ3n) is 4.13. The third-order valence-corrected chi connectivity index (χ3v) is 12.6. The zero-order valence-electron chi connectivity index (χ0n) is 22.8. The van der Waals surface area contributed by atoms with Gasteiger partial charge in [0.05, 0.1) is 0 Å². The first kappa shape index (κ1) is 31.8. The van der Waals surface area contributed by atoms with Crippen molar-refractivity contribution in [2.75, 3.05) is 0 Å². The number of unbranched alkanes of at least 4 members (excludes halogenated alkanes) is 1. The van der Waals surface area contributed by atoms with Gasteiger partial charge in [0.1, 0.15) is 0 Å². The summed E-state index contributed by atoms with van der Waals surface area (Å²) in [5.41, 5.74) is 1.80. The highest BCUT2D eigenvalue weighted by Crippen LogP contribution is 2.59. The van der Waals surface area contributed by atoms with Crippen molar-refractivity contribution >= 4 is 38.5 Å². The standard InChI is InChI=1S/C23H49O5PSi3/c1-20(2)16-15-18-21(3)17-13-14-19-22(23(24)26-30(4,5)6)29(25,27-31(7,8)9)28-32(10,11)12/h16-17,22H,13-15,18-19H2,1-12H3/b21-17+. The highest BCUT2D eigenvalue weighted by molar-refractivity contribution is 7.58. The molecule has 0 aliphatic heterocycles. The van der Waals surface area contributed by atoms with Crippen LogP contribution in [-0.4, -0.2) is 36.6 Å². The average Bonchev–Trinajstić information content (AvgIpc) is 2.48. The number of carbonyl (C=O) groups is 1. The molecule has 9 heteroatoms. The number of allylic oxidation sites excluding steroid dienone is 4. The molecule has 0 aromatic heterocycles. The Bertz CT molecular complexity index is 689. The van der Waals surface area contributed by atoms with E-state index in [1.54, 1.807) is 0 Å². The summed E-state index contributed by atoms with van der Waals surface area (Å²) < 4.78 is 32.2. The average molecular weight is 521 g/mol. The van der Waals surface area contributed by atoms with Gasteiger partial charge in [-0.25, -0.2) is 0 Å². The van der Waals surface area contributed by atoms with Crippen LogP contribution in [0.2, 0.25) is 58.9 Å². The lowest BCUT2D eigenvalue weighted by atomic mass is 10.1. The van der Waals surface area contributed by atoms with E-state index < -0.39 is 44.2 Å². The maximum atomic E-state index is 14.1. The van der Waals surface area contributed by atoms with Crippen LogP contribution in [0.15, 0.2) is 23.3 Å². The Balaban J connectivity index is 5.63. The van der Waals surface area contributed by atoms with E-state index in [0.29, 0.717) is 6.42 Å². The summed E-state index contributed by atoms with van der Waals surface area (Å²) in [6.07, 6.45) is 8.55. The lowest BCUT2D eigenvalue weighted by molar-refractivity contribution is -0.135. The van der Waals surface area contributed by atoms with Crippen LogP contribution in [0.25, 0.3) is 0 Å². The summed E-state index contributed by atoms with van der Waals surface area (Å²) in [7, 11) is -10.3. The highest BCUT2D eigenvalue weighted by Gasteiger charge is 2.47. The molecule has 0 heterocycles. The van der Waals surface area contributed by atoms with Gasteiger partial charge in [-0.2, -0.15) is 0 Å². The van der Waals surface area contributed by atoms with Crippen LogP contribution >= 0.6 is 7.60 Å². The molecule has 0 rings (SSSR count). The molecule has 0 aromatic rings. The zero-order chi connectivity index (χ0) is 25.4. The van der Waals surface area contributed by atoms with E-state index in [4.69, 9.17) is 12.9 Å². The predicted molar refractivity (Wildman–Crippen MR) is 146 cm³/mol. The maximum absolute atomic E-state index is 14.1. The van der Waals surface area contributed by atoms with Gasteiger partial charge in [-0.15, -0.1) is 0 Å². The van der Waals surface area contributed by atoms with Crippen LogP contribution in [0.3, 0.4) is 0 Å². The molecule has 32 heavy (non-hydrogen) atoms. The second-order valence-corrected chi connectivity index (χ2v) is 27.8. The van der Waals surface area contributed by atoms with Crippen molar-refractivity contribution in [1.82, 2.24) is 0 Å². The van der Waals surface area contributed by atoms with E-state index in [1.165, 1.54) is 11.1 Å². The van der Waals surface area contributed by atoms with E-state index in [9.17, 15) is 9.36 Å².